The Hall–Kier alpha value is -0.800. The fraction of sp³-hybridized carbons (Fsp3) is 0.643. The molecule has 18 heavy (non-hydrogen) atoms. The van der Waals surface area contributed by atoms with Crippen molar-refractivity contribution in [1.82, 2.24) is 15.1 Å². The van der Waals surface area contributed by atoms with Crippen molar-refractivity contribution in [1.29, 1.82) is 0 Å². The van der Waals surface area contributed by atoms with E-state index in [1.165, 1.54) is 0 Å². The SMILES string of the molecule is C=CCC(Cc1c(Cl)c(CC)nn1C)NCCC. The normalized spacial score (nSPS) is 12.7. The molecule has 102 valence electrons. The van der Waals surface area contributed by atoms with E-state index in [9.17, 15) is 0 Å². The molecule has 0 aliphatic heterocycles. The number of nitrogens with one attached hydrogen (secondary N) is 1. The lowest BCUT2D eigenvalue weighted by atomic mass is 10.1. The quantitative estimate of drug-likeness (QED) is 0.735. The van der Waals surface area contributed by atoms with E-state index >= 15 is 0 Å². The van der Waals surface area contributed by atoms with Gasteiger partial charge in [0.2, 0.25) is 0 Å². The van der Waals surface area contributed by atoms with Crippen molar-refractivity contribution >= 4 is 11.6 Å². The number of hydrogen-bond donors (Lipinski definition) is 1. The number of hydrogen-bond acceptors (Lipinski definition) is 2. The third kappa shape index (κ3) is 3.85. The van der Waals surface area contributed by atoms with Crippen molar-refractivity contribution in [3.05, 3.63) is 29.1 Å². The number of aryl methyl sites for hydroxylation is 2. The zero-order valence-corrected chi connectivity index (χ0v) is 12.4. The maximum Gasteiger partial charge on any atom is 0.0850 e. The molecule has 0 saturated carbocycles. The second kappa shape index (κ2) is 7.59. The average Bonchev–Trinajstić information content (AvgIpc) is 2.63. The van der Waals surface area contributed by atoms with Gasteiger partial charge in [-0.15, -0.1) is 6.58 Å². The Kier molecular flexibility index (Phi) is 6.44. The summed E-state index contributed by atoms with van der Waals surface area (Å²) in [5.41, 5.74) is 2.10. The lowest BCUT2D eigenvalue weighted by molar-refractivity contribution is 0.497. The Balaban J connectivity index is 2.79. The highest BCUT2D eigenvalue weighted by atomic mass is 35.5. The number of aromatic nitrogens is 2. The molecule has 1 heterocycles. The standard InChI is InChI=1S/C14H24ClN3/c1-5-8-11(16-9-6-2)10-13-14(15)12(7-3)17-18(13)4/h5,11,16H,1,6-10H2,2-4H3. The highest BCUT2D eigenvalue weighted by Crippen LogP contribution is 2.22. The first kappa shape index (κ1) is 15.3. The molecule has 0 amide bonds. The van der Waals surface area contributed by atoms with E-state index < -0.39 is 0 Å². The van der Waals surface area contributed by atoms with Gasteiger partial charge in [0.1, 0.15) is 0 Å². The zero-order valence-electron chi connectivity index (χ0n) is 11.7. The lowest BCUT2D eigenvalue weighted by Gasteiger charge is -2.17. The van der Waals surface area contributed by atoms with Crippen LogP contribution in [-0.4, -0.2) is 22.4 Å². The minimum atomic E-state index is 0.389. The van der Waals surface area contributed by atoms with Gasteiger partial charge < -0.3 is 5.32 Å². The van der Waals surface area contributed by atoms with Gasteiger partial charge in [0.25, 0.3) is 0 Å². The average molecular weight is 270 g/mol. The van der Waals surface area contributed by atoms with Gasteiger partial charge in [-0.25, -0.2) is 0 Å². The molecule has 0 saturated heterocycles. The Morgan fingerprint density at radius 2 is 2.22 bits per heavy atom. The first-order valence-electron chi connectivity index (χ1n) is 6.68. The highest BCUT2D eigenvalue weighted by Gasteiger charge is 2.16. The lowest BCUT2D eigenvalue weighted by Crippen LogP contribution is -2.32. The molecule has 1 aromatic heterocycles. The summed E-state index contributed by atoms with van der Waals surface area (Å²) >= 11 is 6.37. The van der Waals surface area contributed by atoms with Crippen molar-refractivity contribution in [2.24, 2.45) is 7.05 Å². The molecule has 1 rings (SSSR count). The van der Waals surface area contributed by atoms with Crippen molar-refractivity contribution < 1.29 is 0 Å². The van der Waals surface area contributed by atoms with Crippen LogP contribution in [0.25, 0.3) is 0 Å². The molecule has 4 heteroatoms. The van der Waals surface area contributed by atoms with Gasteiger partial charge in [0.15, 0.2) is 0 Å². The van der Waals surface area contributed by atoms with Crippen LogP contribution >= 0.6 is 11.6 Å². The third-order valence-electron chi connectivity index (χ3n) is 3.08. The summed E-state index contributed by atoms with van der Waals surface area (Å²) in [6, 6.07) is 0.389. The van der Waals surface area contributed by atoms with E-state index in [0.29, 0.717) is 6.04 Å². The Bertz CT molecular complexity index is 385. The molecule has 0 bridgehead atoms. The summed E-state index contributed by atoms with van der Waals surface area (Å²) in [5, 5.41) is 8.81. The predicted molar refractivity (Wildman–Crippen MR) is 78.2 cm³/mol. The first-order chi connectivity index (χ1) is 8.63. The summed E-state index contributed by atoms with van der Waals surface area (Å²) in [7, 11) is 1.96. The van der Waals surface area contributed by atoms with E-state index in [1.54, 1.807) is 0 Å². The molecule has 0 radical (unpaired) electrons. The van der Waals surface area contributed by atoms with Gasteiger partial charge in [-0.3, -0.25) is 4.68 Å². The van der Waals surface area contributed by atoms with Gasteiger partial charge in [-0.05, 0) is 25.8 Å². The maximum atomic E-state index is 6.37. The van der Waals surface area contributed by atoms with E-state index in [4.69, 9.17) is 11.6 Å². The van der Waals surface area contributed by atoms with Crippen LogP contribution < -0.4 is 5.32 Å². The molecule has 1 atom stereocenters. The maximum absolute atomic E-state index is 6.37. The molecule has 3 nitrogen and oxygen atoms in total. The number of halogens is 1. The third-order valence-corrected chi connectivity index (χ3v) is 3.51. The molecular weight excluding hydrogens is 246 g/mol. The van der Waals surface area contributed by atoms with Crippen molar-refractivity contribution in [2.45, 2.75) is 45.6 Å². The summed E-state index contributed by atoms with van der Waals surface area (Å²) in [4.78, 5) is 0. The van der Waals surface area contributed by atoms with Crippen molar-refractivity contribution in [3.63, 3.8) is 0 Å². The molecule has 1 N–H and O–H groups in total. The van der Waals surface area contributed by atoms with E-state index in [0.717, 1.165) is 48.6 Å². The van der Waals surface area contributed by atoms with Crippen molar-refractivity contribution in [3.8, 4) is 0 Å². The second-order valence-corrected chi connectivity index (χ2v) is 4.94. The molecule has 1 unspecified atom stereocenters. The summed E-state index contributed by atoms with van der Waals surface area (Å²) < 4.78 is 1.91. The number of rotatable bonds is 8. The Labute approximate surface area is 115 Å². The van der Waals surface area contributed by atoms with Crippen LogP contribution in [0.3, 0.4) is 0 Å². The van der Waals surface area contributed by atoms with Gasteiger partial charge in [-0.1, -0.05) is 31.5 Å². The van der Waals surface area contributed by atoms with E-state index in [2.05, 4.69) is 30.8 Å². The fourth-order valence-electron chi connectivity index (χ4n) is 2.06. The number of nitrogens with zero attached hydrogens (tertiary/aromatic N) is 2. The molecule has 0 aliphatic carbocycles. The van der Waals surface area contributed by atoms with Crippen LogP contribution in [-0.2, 0) is 19.9 Å². The van der Waals surface area contributed by atoms with Crippen molar-refractivity contribution in [2.75, 3.05) is 6.54 Å². The first-order valence-corrected chi connectivity index (χ1v) is 7.06. The zero-order chi connectivity index (χ0) is 13.5. The van der Waals surface area contributed by atoms with E-state index in [-0.39, 0.29) is 0 Å². The summed E-state index contributed by atoms with van der Waals surface area (Å²) in [6.07, 6.45) is 5.81. The Morgan fingerprint density at radius 1 is 1.50 bits per heavy atom. The molecular formula is C14H24ClN3. The highest BCUT2D eigenvalue weighted by molar-refractivity contribution is 6.31. The molecule has 0 spiro atoms. The van der Waals surface area contributed by atoms with Crippen LogP contribution in [0.1, 0.15) is 38.1 Å². The predicted octanol–water partition coefficient (Wildman–Crippen LogP) is 3.12. The Morgan fingerprint density at radius 3 is 2.72 bits per heavy atom. The smallest absolute Gasteiger partial charge is 0.0850 e. The minimum Gasteiger partial charge on any atom is -0.313 e. The largest absolute Gasteiger partial charge is 0.313 e. The summed E-state index contributed by atoms with van der Waals surface area (Å²) in [6.45, 7) is 9.09. The van der Waals surface area contributed by atoms with Gasteiger partial charge in [-0.2, -0.15) is 5.10 Å². The molecule has 1 aromatic rings. The molecule has 0 aliphatic rings. The van der Waals surface area contributed by atoms with Crippen LogP contribution in [0.15, 0.2) is 12.7 Å². The van der Waals surface area contributed by atoms with E-state index in [1.807, 2.05) is 17.8 Å². The van der Waals surface area contributed by atoms with Gasteiger partial charge >= 0.3 is 0 Å². The van der Waals surface area contributed by atoms with Gasteiger partial charge in [0, 0.05) is 19.5 Å². The second-order valence-electron chi connectivity index (χ2n) is 4.56. The van der Waals surface area contributed by atoms with Crippen LogP contribution in [0.5, 0.6) is 0 Å². The van der Waals surface area contributed by atoms with Crippen LogP contribution in [0.4, 0.5) is 0 Å². The van der Waals surface area contributed by atoms with Crippen LogP contribution in [0.2, 0.25) is 5.02 Å². The molecule has 0 fully saturated rings. The van der Waals surface area contributed by atoms with Crippen LogP contribution in [0, 0.1) is 0 Å². The van der Waals surface area contributed by atoms with Gasteiger partial charge in [0.05, 0.1) is 16.4 Å². The monoisotopic (exact) mass is 269 g/mol. The summed E-state index contributed by atoms with van der Waals surface area (Å²) in [5.74, 6) is 0. The topological polar surface area (TPSA) is 29.9 Å². The molecule has 0 aromatic carbocycles. The fourth-order valence-corrected chi connectivity index (χ4v) is 2.43. The minimum absolute atomic E-state index is 0.389.